The maximum atomic E-state index is 5.92. The summed E-state index contributed by atoms with van der Waals surface area (Å²) in [6.07, 6.45) is 0. The second-order valence-corrected chi connectivity index (χ2v) is 7.78. The van der Waals surface area contributed by atoms with Crippen molar-refractivity contribution in [2.75, 3.05) is 0 Å². The standard InChI is InChI=1S/C7H7BrCl2Si/c8-6-3-1-5(2-4-6)7(9,10)11/h1-4H,11H3. The van der Waals surface area contributed by atoms with Crippen LogP contribution in [-0.2, 0) is 3.96 Å². The molecule has 0 N–H and O–H groups in total. The van der Waals surface area contributed by atoms with Crippen LogP contribution in [-0.4, -0.2) is 10.2 Å². The quantitative estimate of drug-likeness (QED) is 0.543. The van der Waals surface area contributed by atoms with Crippen molar-refractivity contribution in [2.45, 2.75) is 3.96 Å². The summed E-state index contributed by atoms with van der Waals surface area (Å²) in [6, 6.07) is 7.73. The third kappa shape index (κ3) is 2.78. The van der Waals surface area contributed by atoms with Crippen molar-refractivity contribution in [3.05, 3.63) is 34.3 Å². The minimum atomic E-state index is -0.652. The first-order chi connectivity index (χ1) is 5.00. The molecule has 0 saturated carbocycles. The predicted octanol–water partition coefficient (Wildman–Crippen LogP) is 2.40. The molecule has 0 aromatic heterocycles. The van der Waals surface area contributed by atoms with E-state index in [1.807, 2.05) is 24.3 Å². The van der Waals surface area contributed by atoms with E-state index >= 15 is 0 Å². The average Bonchev–Trinajstić information content (AvgIpc) is 1.86. The lowest BCUT2D eigenvalue weighted by molar-refractivity contribution is 1.24. The molecule has 1 aromatic rings. The molecule has 0 nitrogen and oxygen atoms in total. The first-order valence-electron chi connectivity index (χ1n) is 3.14. The Morgan fingerprint density at radius 1 is 1.18 bits per heavy atom. The summed E-state index contributed by atoms with van der Waals surface area (Å²) < 4.78 is 0.390. The minimum Gasteiger partial charge on any atom is -0.102 e. The minimum absolute atomic E-state index is 0.652. The second kappa shape index (κ2) is 3.48. The van der Waals surface area contributed by atoms with Crippen LogP contribution in [0.5, 0.6) is 0 Å². The van der Waals surface area contributed by atoms with Crippen molar-refractivity contribution in [1.82, 2.24) is 0 Å². The monoisotopic (exact) mass is 268 g/mol. The number of hydrogen-bond donors (Lipinski definition) is 0. The van der Waals surface area contributed by atoms with Crippen LogP contribution in [0.2, 0.25) is 0 Å². The van der Waals surface area contributed by atoms with Crippen LogP contribution in [0.4, 0.5) is 0 Å². The van der Waals surface area contributed by atoms with E-state index in [9.17, 15) is 0 Å². The molecule has 1 aromatic carbocycles. The zero-order valence-electron chi connectivity index (χ0n) is 5.94. The molecule has 0 aliphatic rings. The molecule has 0 unspecified atom stereocenters. The van der Waals surface area contributed by atoms with E-state index in [2.05, 4.69) is 15.9 Å². The molecule has 0 aliphatic carbocycles. The Balaban J connectivity index is 2.99. The second-order valence-electron chi connectivity index (χ2n) is 2.40. The van der Waals surface area contributed by atoms with Crippen molar-refractivity contribution in [1.29, 1.82) is 0 Å². The highest BCUT2D eigenvalue weighted by Crippen LogP contribution is 2.30. The summed E-state index contributed by atoms with van der Waals surface area (Å²) in [5.41, 5.74) is 0.968. The number of hydrogen-bond acceptors (Lipinski definition) is 0. The smallest absolute Gasteiger partial charge is 0.102 e. The zero-order valence-corrected chi connectivity index (χ0v) is 11.0. The lowest BCUT2D eigenvalue weighted by Gasteiger charge is -2.12. The molecule has 0 fully saturated rings. The first kappa shape index (κ1) is 9.58. The van der Waals surface area contributed by atoms with Gasteiger partial charge in [0, 0.05) is 4.47 Å². The molecule has 0 saturated heterocycles. The lowest BCUT2D eigenvalue weighted by Crippen LogP contribution is -2.08. The molecule has 0 amide bonds. The van der Waals surface area contributed by atoms with Gasteiger partial charge >= 0.3 is 0 Å². The van der Waals surface area contributed by atoms with Gasteiger partial charge in [-0.2, -0.15) is 0 Å². The molecule has 0 atom stereocenters. The Kier molecular flexibility index (Phi) is 3.03. The van der Waals surface area contributed by atoms with Gasteiger partial charge in [-0.25, -0.2) is 0 Å². The van der Waals surface area contributed by atoms with Gasteiger partial charge in [-0.15, -0.1) is 23.2 Å². The largest absolute Gasteiger partial charge is 0.121 e. The van der Waals surface area contributed by atoms with Gasteiger partial charge in [0.2, 0.25) is 0 Å². The molecular weight excluding hydrogens is 263 g/mol. The van der Waals surface area contributed by atoms with Crippen molar-refractivity contribution >= 4 is 49.4 Å². The number of alkyl halides is 2. The van der Waals surface area contributed by atoms with E-state index in [1.165, 1.54) is 0 Å². The Morgan fingerprint density at radius 3 is 2.00 bits per heavy atom. The van der Waals surface area contributed by atoms with Crippen LogP contribution in [0.15, 0.2) is 28.7 Å². The highest BCUT2D eigenvalue weighted by molar-refractivity contribution is 9.10. The summed E-state index contributed by atoms with van der Waals surface area (Å²) in [4.78, 5) is 0. The van der Waals surface area contributed by atoms with E-state index in [0.717, 1.165) is 20.3 Å². The normalized spacial score (nSPS) is 11.9. The Morgan fingerprint density at radius 2 is 1.64 bits per heavy atom. The number of rotatable bonds is 1. The summed E-state index contributed by atoms with van der Waals surface area (Å²) in [5.74, 6) is 0. The summed E-state index contributed by atoms with van der Waals surface area (Å²) in [5, 5.41) is 0. The summed E-state index contributed by atoms with van der Waals surface area (Å²) >= 11 is 15.2. The topological polar surface area (TPSA) is 0 Å². The first-order valence-corrected chi connectivity index (χ1v) is 5.69. The molecule has 0 heterocycles. The highest BCUT2D eigenvalue weighted by Gasteiger charge is 2.18. The van der Waals surface area contributed by atoms with Gasteiger partial charge in [0.25, 0.3) is 0 Å². The van der Waals surface area contributed by atoms with Crippen molar-refractivity contribution in [2.24, 2.45) is 0 Å². The molecule has 60 valence electrons. The van der Waals surface area contributed by atoms with Crippen molar-refractivity contribution in [3.63, 3.8) is 0 Å². The fourth-order valence-electron chi connectivity index (χ4n) is 0.743. The van der Waals surface area contributed by atoms with E-state index in [1.54, 1.807) is 0 Å². The van der Waals surface area contributed by atoms with Crippen molar-refractivity contribution in [3.8, 4) is 0 Å². The molecule has 0 spiro atoms. The average molecular weight is 270 g/mol. The maximum Gasteiger partial charge on any atom is 0.121 e. The Labute approximate surface area is 87.4 Å². The Hall–Kier alpha value is 0.497. The summed E-state index contributed by atoms with van der Waals surface area (Å²) in [6.45, 7) is 0. The van der Waals surface area contributed by atoms with Gasteiger partial charge in [-0.05, 0) is 17.7 Å². The lowest BCUT2D eigenvalue weighted by atomic mass is 10.2. The van der Waals surface area contributed by atoms with E-state index in [-0.39, 0.29) is 0 Å². The molecule has 1 rings (SSSR count). The van der Waals surface area contributed by atoms with Gasteiger partial charge in [0.15, 0.2) is 0 Å². The number of benzene rings is 1. The van der Waals surface area contributed by atoms with Gasteiger partial charge in [0.1, 0.15) is 3.96 Å². The van der Waals surface area contributed by atoms with Crippen LogP contribution in [0.1, 0.15) is 5.56 Å². The third-order valence-electron chi connectivity index (χ3n) is 1.35. The SMILES string of the molecule is [SiH3]C(Cl)(Cl)c1ccc(Br)cc1. The molecule has 0 radical (unpaired) electrons. The highest BCUT2D eigenvalue weighted by atomic mass is 79.9. The van der Waals surface area contributed by atoms with Gasteiger partial charge in [-0.1, -0.05) is 28.1 Å². The molecule has 11 heavy (non-hydrogen) atoms. The molecular formula is C7H7BrCl2Si. The van der Waals surface area contributed by atoms with Crippen LogP contribution in [0.25, 0.3) is 0 Å². The van der Waals surface area contributed by atoms with E-state index in [4.69, 9.17) is 23.2 Å². The van der Waals surface area contributed by atoms with Gasteiger partial charge in [0.05, 0.1) is 10.2 Å². The molecule has 0 aliphatic heterocycles. The van der Waals surface area contributed by atoms with Crippen LogP contribution in [0, 0.1) is 0 Å². The van der Waals surface area contributed by atoms with Crippen LogP contribution < -0.4 is 0 Å². The van der Waals surface area contributed by atoms with E-state index in [0.29, 0.717) is 0 Å². The Bertz CT molecular complexity index is 240. The van der Waals surface area contributed by atoms with Crippen LogP contribution in [0.3, 0.4) is 0 Å². The molecule has 4 heteroatoms. The van der Waals surface area contributed by atoms with Crippen molar-refractivity contribution < 1.29 is 0 Å². The maximum absolute atomic E-state index is 5.92. The predicted molar refractivity (Wildman–Crippen MR) is 57.5 cm³/mol. The van der Waals surface area contributed by atoms with Gasteiger partial charge < -0.3 is 0 Å². The fraction of sp³-hybridized carbons (Fsp3) is 0.143. The zero-order chi connectivity index (χ0) is 8.48. The summed E-state index contributed by atoms with van der Waals surface area (Å²) in [7, 11) is 0.729. The van der Waals surface area contributed by atoms with Gasteiger partial charge in [-0.3, -0.25) is 0 Å². The molecule has 0 bridgehead atoms. The van der Waals surface area contributed by atoms with Crippen LogP contribution >= 0.6 is 39.1 Å². The number of halogens is 3. The van der Waals surface area contributed by atoms with E-state index < -0.39 is 3.96 Å². The fourth-order valence-corrected chi connectivity index (χ4v) is 1.59. The third-order valence-corrected chi connectivity index (χ3v) is 2.89.